The van der Waals surface area contributed by atoms with Gasteiger partial charge in [0.25, 0.3) is 0 Å². The molecule has 0 aromatic rings. The summed E-state index contributed by atoms with van der Waals surface area (Å²) in [5, 5.41) is 3.40. The van der Waals surface area contributed by atoms with Gasteiger partial charge < -0.3 is 10.1 Å². The molecule has 2 atom stereocenters. The van der Waals surface area contributed by atoms with Crippen LogP contribution >= 0.6 is 0 Å². The summed E-state index contributed by atoms with van der Waals surface area (Å²) in [6.45, 7) is 5.62. The summed E-state index contributed by atoms with van der Waals surface area (Å²) in [6, 6.07) is 1.42. The molecule has 3 heteroatoms. The Bertz CT molecular complexity index is 216. The first-order valence-corrected chi connectivity index (χ1v) is 7.32. The SMILES string of the molecule is CNC1CCN(CCOC2CCCC2)C(C)C1. The highest BCUT2D eigenvalue weighted by Crippen LogP contribution is 2.21. The third-order valence-electron chi connectivity index (χ3n) is 4.46. The van der Waals surface area contributed by atoms with Crippen molar-refractivity contribution in [2.24, 2.45) is 0 Å². The molecular formula is C14H28N2O. The number of likely N-dealkylation sites (tertiary alicyclic amines) is 1. The smallest absolute Gasteiger partial charge is 0.0597 e. The van der Waals surface area contributed by atoms with E-state index in [1.807, 2.05) is 0 Å². The molecule has 100 valence electrons. The Balaban J connectivity index is 1.62. The summed E-state index contributed by atoms with van der Waals surface area (Å²) in [5.41, 5.74) is 0. The zero-order chi connectivity index (χ0) is 12.1. The summed E-state index contributed by atoms with van der Waals surface area (Å²) in [5.74, 6) is 0. The first-order valence-electron chi connectivity index (χ1n) is 7.32. The van der Waals surface area contributed by atoms with Gasteiger partial charge in [-0.2, -0.15) is 0 Å². The summed E-state index contributed by atoms with van der Waals surface area (Å²) in [6.07, 6.45) is 8.45. The second-order valence-corrected chi connectivity index (χ2v) is 5.67. The lowest BCUT2D eigenvalue weighted by molar-refractivity contribution is 0.0261. The van der Waals surface area contributed by atoms with Gasteiger partial charge in [-0.15, -0.1) is 0 Å². The summed E-state index contributed by atoms with van der Waals surface area (Å²) >= 11 is 0. The molecule has 2 fully saturated rings. The van der Waals surface area contributed by atoms with Crippen LogP contribution in [0.25, 0.3) is 0 Å². The molecule has 0 spiro atoms. The van der Waals surface area contributed by atoms with Gasteiger partial charge >= 0.3 is 0 Å². The first kappa shape index (κ1) is 13.3. The van der Waals surface area contributed by atoms with Gasteiger partial charge in [-0.3, -0.25) is 4.90 Å². The van der Waals surface area contributed by atoms with E-state index in [0.717, 1.165) is 19.2 Å². The zero-order valence-electron chi connectivity index (χ0n) is 11.5. The molecule has 1 saturated carbocycles. The Labute approximate surface area is 106 Å². The van der Waals surface area contributed by atoms with Crippen molar-refractivity contribution in [2.75, 3.05) is 26.7 Å². The zero-order valence-corrected chi connectivity index (χ0v) is 11.5. The fourth-order valence-corrected chi connectivity index (χ4v) is 3.21. The lowest BCUT2D eigenvalue weighted by atomic mass is 9.98. The average Bonchev–Trinajstić information content (AvgIpc) is 2.84. The second-order valence-electron chi connectivity index (χ2n) is 5.67. The number of hydrogen-bond acceptors (Lipinski definition) is 3. The van der Waals surface area contributed by atoms with Crippen LogP contribution in [0.5, 0.6) is 0 Å². The van der Waals surface area contributed by atoms with Gasteiger partial charge in [0.2, 0.25) is 0 Å². The molecule has 2 unspecified atom stereocenters. The minimum atomic E-state index is 0.570. The van der Waals surface area contributed by atoms with Crippen molar-refractivity contribution in [3.8, 4) is 0 Å². The fourth-order valence-electron chi connectivity index (χ4n) is 3.21. The number of hydrogen-bond donors (Lipinski definition) is 1. The molecule has 0 aromatic heterocycles. The third kappa shape index (κ3) is 3.94. The van der Waals surface area contributed by atoms with E-state index < -0.39 is 0 Å². The summed E-state index contributed by atoms with van der Waals surface area (Å²) in [4.78, 5) is 2.59. The Morgan fingerprint density at radius 2 is 2.00 bits per heavy atom. The van der Waals surface area contributed by atoms with Crippen LogP contribution < -0.4 is 5.32 Å². The predicted octanol–water partition coefficient (Wildman–Crippen LogP) is 2.02. The summed E-state index contributed by atoms with van der Waals surface area (Å²) in [7, 11) is 2.08. The molecule has 1 saturated heterocycles. The molecule has 0 bridgehead atoms. The van der Waals surface area contributed by atoms with E-state index in [1.165, 1.54) is 45.1 Å². The van der Waals surface area contributed by atoms with Crippen molar-refractivity contribution in [1.29, 1.82) is 0 Å². The average molecular weight is 240 g/mol. The Morgan fingerprint density at radius 1 is 1.24 bits per heavy atom. The number of nitrogens with zero attached hydrogens (tertiary/aromatic N) is 1. The molecule has 2 aliphatic rings. The number of nitrogens with one attached hydrogen (secondary N) is 1. The topological polar surface area (TPSA) is 24.5 Å². The molecule has 1 heterocycles. The molecule has 0 aromatic carbocycles. The third-order valence-corrected chi connectivity index (χ3v) is 4.46. The van der Waals surface area contributed by atoms with Crippen LogP contribution in [0.1, 0.15) is 45.4 Å². The maximum Gasteiger partial charge on any atom is 0.0597 e. The van der Waals surface area contributed by atoms with E-state index in [4.69, 9.17) is 4.74 Å². The Morgan fingerprint density at radius 3 is 2.65 bits per heavy atom. The van der Waals surface area contributed by atoms with Crippen LogP contribution in [0.15, 0.2) is 0 Å². The monoisotopic (exact) mass is 240 g/mol. The molecule has 17 heavy (non-hydrogen) atoms. The van der Waals surface area contributed by atoms with E-state index in [-0.39, 0.29) is 0 Å². The minimum Gasteiger partial charge on any atom is -0.377 e. The van der Waals surface area contributed by atoms with Crippen LogP contribution in [-0.2, 0) is 4.74 Å². The van der Waals surface area contributed by atoms with E-state index >= 15 is 0 Å². The molecule has 1 aliphatic heterocycles. The highest BCUT2D eigenvalue weighted by atomic mass is 16.5. The second kappa shape index (κ2) is 6.72. The molecule has 2 rings (SSSR count). The van der Waals surface area contributed by atoms with Crippen molar-refractivity contribution in [3.05, 3.63) is 0 Å². The molecule has 0 amide bonds. The minimum absolute atomic E-state index is 0.570. The maximum absolute atomic E-state index is 5.95. The summed E-state index contributed by atoms with van der Waals surface area (Å²) < 4.78 is 5.95. The van der Waals surface area contributed by atoms with E-state index in [2.05, 4.69) is 24.2 Å². The number of piperidine rings is 1. The first-order chi connectivity index (χ1) is 8.29. The molecule has 0 radical (unpaired) electrons. The Hall–Kier alpha value is -0.120. The van der Waals surface area contributed by atoms with Crippen LogP contribution in [0.2, 0.25) is 0 Å². The van der Waals surface area contributed by atoms with E-state index in [0.29, 0.717) is 12.1 Å². The lowest BCUT2D eigenvalue weighted by Gasteiger charge is -2.37. The highest BCUT2D eigenvalue weighted by molar-refractivity contribution is 4.82. The normalized spacial score (nSPS) is 32.1. The lowest BCUT2D eigenvalue weighted by Crippen LogP contribution is -2.47. The van der Waals surface area contributed by atoms with Crippen molar-refractivity contribution >= 4 is 0 Å². The molecular weight excluding hydrogens is 212 g/mol. The molecule has 1 N–H and O–H groups in total. The van der Waals surface area contributed by atoms with E-state index in [9.17, 15) is 0 Å². The quantitative estimate of drug-likeness (QED) is 0.795. The largest absolute Gasteiger partial charge is 0.377 e. The van der Waals surface area contributed by atoms with Gasteiger partial charge in [-0.1, -0.05) is 12.8 Å². The van der Waals surface area contributed by atoms with Crippen molar-refractivity contribution in [2.45, 2.75) is 63.6 Å². The molecule has 1 aliphatic carbocycles. The number of rotatable bonds is 5. The Kier molecular flexibility index (Phi) is 5.26. The van der Waals surface area contributed by atoms with Crippen LogP contribution in [-0.4, -0.2) is 49.8 Å². The maximum atomic E-state index is 5.95. The number of ether oxygens (including phenoxy) is 1. The van der Waals surface area contributed by atoms with Crippen LogP contribution in [0.4, 0.5) is 0 Å². The highest BCUT2D eigenvalue weighted by Gasteiger charge is 2.24. The molecule has 3 nitrogen and oxygen atoms in total. The van der Waals surface area contributed by atoms with Gasteiger partial charge in [-0.25, -0.2) is 0 Å². The fraction of sp³-hybridized carbons (Fsp3) is 1.00. The van der Waals surface area contributed by atoms with Gasteiger partial charge in [0.15, 0.2) is 0 Å². The van der Waals surface area contributed by atoms with Crippen LogP contribution in [0, 0.1) is 0 Å². The predicted molar refractivity (Wildman–Crippen MR) is 71.3 cm³/mol. The van der Waals surface area contributed by atoms with Gasteiger partial charge in [0, 0.05) is 18.6 Å². The van der Waals surface area contributed by atoms with Crippen molar-refractivity contribution in [3.63, 3.8) is 0 Å². The van der Waals surface area contributed by atoms with Crippen molar-refractivity contribution in [1.82, 2.24) is 10.2 Å². The standard InChI is InChI=1S/C14H28N2O/c1-12-11-13(15-2)7-8-16(12)9-10-17-14-5-3-4-6-14/h12-15H,3-11H2,1-2H3. The van der Waals surface area contributed by atoms with Gasteiger partial charge in [0.1, 0.15) is 0 Å². The van der Waals surface area contributed by atoms with Gasteiger partial charge in [-0.05, 0) is 46.2 Å². The van der Waals surface area contributed by atoms with Gasteiger partial charge in [0.05, 0.1) is 12.7 Å². The van der Waals surface area contributed by atoms with Crippen molar-refractivity contribution < 1.29 is 4.74 Å². The van der Waals surface area contributed by atoms with E-state index in [1.54, 1.807) is 0 Å². The van der Waals surface area contributed by atoms with Crippen LogP contribution in [0.3, 0.4) is 0 Å².